The van der Waals surface area contributed by atoms with Gasteiger partial charge in [0, 0.05) is 31.9 Å². The van der Waals surface area contributed by atoms with Gasteiger partial charge in [-0.15, -0.1) is 0 Å². The van der Waals surface area contributed by atoms with Gasteiger partial charge in [0.25, 0.3) is 0 Å². The summed E-state index contributed by atoms with van der Waals surface area (Å²) in [5, 5.41) is 1.12. The van der Waals surface area contributed by atoms with Crippen molar-refractivity contribution in [3.05, 3.63) is 0 Å². The molecular weight excluding hydrogens is 268 g/mol. The highest BCUT2D eigenvalue weighted by atomic mass is 79.9. The maximum absolute atomic E-state index is 11.3. The van der Waals surface area contributed by atoms with Gasteiger partial charge in [0.1, 0.15) is 0 Å². The van der Waals surface area contributed by atoms with Crippen molar-refractivity contribution < 1.29 is 4.79 Å². The van der Waals surface area contributed by atoms with E-state index in [9.17, 15) is 4.79 Å². The molecule has 0 N–H and O–H groups in total. The molecule has 0 aromatic carbocycles. The Hall–Kier alpha value is -0.0900. The SMILES string of the molecule is CC(=O)N1CCCN(CCCCCBr)CC1. The first-order valence-corrected chi connectivity index (χ1v) is 7.40. The van der Waals surface area contributed by atoms with E-state index in [1.807, 2.05) is 4.90 Å². The van der Waals surface area contributed by atoms with E-state index in [1.54, 1.807) is 6.92 Å². The summed E-state index contributed by atoms with van der Waals surface area (Å²) in [6, 6.07) is 0. The van der Waals surface area contributed by atoms with Crippen molar-refractivity contribution in [1.82, 2.24) is 9.80 Å². The van der Waals surface area contributed by atoms with Crippen molar-refractivity contribution in [3.8, 4) is 0 Å². The Morgan fingerprint density at radius 2 is 1.94 bits per heavy atom. The molecule has 1 aliphatic rings. The fourth-order valence-electron chi connectivity index (χ4n) is 2.12. The van der Waals surface area contributed by atoms with Crippen LogP contribution in [0.4, 0.5) is 0 Å². The van der Waals surface area contributed by atoms with Crippen molar-refractivity contribution >= 4 is 21.8 Å². The van der Waals surface area contributed by atoms with Crippen LogP contribution >= 0.6 is 15.9 Å². The Labute approximate surface area is 107 Å². The van der Waals surface area contributed by atoms with E-state index in [1.165, 1.54) is 25.8 Å². The molecule has 1 amide bonds. The van der Waals surface area contributed by atoms with Crippen LogP contribution in [0.3, 0.4) is 0 Å². The van der Waals surface area contributed by atoms with Gasteiger partial charge >= 0.3 is 0 Å². The number of unbranched alkanes of at least 4 members (excludes halogenated alkanes) is 2. The minimum Gasteiger partial charge on any atom is -0.342 e. The molecule has 94 valence electrons. The molecule has 4 heteroatoms. The van der Waals surface area contributed by atoms with Crippen molar-refractivity contribution in [2.24, 2.45) is 0 Å². The van der Waals surface area contributed by atoms with Gasteiger partial charge in [0.05, 0.1) is 0 Å². The molecule has 1 saturated heterocycles. The number of amides is 1. The van der Waals surface area contributed by atoms with Crippen LogP contribution in [0.15, 0.2) is 0 Å². The number of alkyl halides is 1. The zero-order chi connectivity index (χ0) is 11.8. The molecular formula is C12H23BrN2O. The van der Waals surface area contributed by atoms with E-state index in [-0.39, 0.29) is 5.91 Å². The predicted octanol–water partition coefficient (Wildman–Crippen LogP) is 2.11. The molecule has 0 unspecified atom stereocenters. The van der Waals surface area contributed by atoms with E-state index in [4.69, 9.17) is 0 Å². The molecule has 0 aromatic rings. The molecule has 0 aliphatic carbocycles. The van der Waals surface area contributed by atoms with Crippen LogP contribution in [0, 0.1) is 0 Å². The zero-order valence-corrected chi connectivity index (χ0v) is 11.8. The summed E-state index contributed by atoms with van der Waals surface area (Å²) in [6.07, 6.45) is 4.98. The van der Waals surface area contributed by atoms with Crippen LogP contribution < -0.4 is 0 Å². The van der Waals surface area contributed by atoms with Gasteiger partial charge in [0.2, 0.25) is 5.91 Å². The first-order valence-electron chi connectivity index (χ1n) is 6.28. The van der Waals surface area contributed by atoms with Crippen LogP contribution in [-0.2, 0) is 4.79 Å². The van der Waals surface area contributed by atoms with Gasteiger partial charge < -0.3 is 9.80 Å². The third-order valence-corrected chi connectivity index (χ3v) is 3.70. The summed E-state index contributed by atoms with van der Waals surface area (Å²) < 4.78 is 0. The van der Waals surface area contributed by atoms with Crippen molar-refractivity contribution in [3.63, 3.8) is 0 Å². The monoisotopic (exact) mass is 290 g/mol. The summed E-state index contributed by atoms with van der Waals surface area (Å²) in [6.45, 7) is 6.91. The van der Waals surface area contributed by atoms with Gasteiger partial charge in [-0.3, -0.25) is 4.79 Å². The van der Waals surface area contributed by atoms with E-state index in [0.717, 1.165) is 37.9 Å². The molecule has 16 heavy (non-hydrogen) atoms. The molecule has 0 atom stereocenters. The minimum atomic E-state index is 0.223. The van der Waals surface area contributed by atoms with Crippen molar-refractivity contribution in [1.29, 1.82) is 0 Å². The molecule has 3 nitrogen and oxygen atoms in total. The molecule has 0 spiro atoms. The van der Waals surface area contributed by atoms with E-state index in [0.29, 0.717) is 0 Å². The lowest BCUT2D eigenvalue weighted by atomic mass is 10.2. The number of nitrogens with zero attached hydrogens (tertiary/aromatic N) is 2. The third kappa shape index (κ3) is 5.30. The number of carbonyl (C=O) groups is 1. The van der Waals surface area contributed by atoms with Gasteiger partial charge in [-0.25, -0.2) is 0 Å². The number of hydrogen-bond acceptors (Lipinski definition) is 2. The molecule has 1 heterocycles. The van der Waals surface area contributed by atoms with Crippen molar-refractivity contribution in [2.75, 3.05) is 38.1 Å². The molecule has 0 bridgehead atoms. The molecule has 1 rings (SSSR count). The zero-order valence-electron chi connectivity index (χ0n) is 10.3. The summed E-state index contributed by atoms with van der Waals surface area (Å²) in [4.78, 5) is 15.7. The van der Waals surface area contributed by atoms with Crippen molar-refractivity contribution in [2.45, 2.75) is 32.6 Å². The van der Waals surface area contributed by atoms with E-state index in [2.05, 4.69) is 20.8 Å². The second kappa shape index (κ2) is 8.07. The fourth-order valence-corrected chi connectivity index (χ4v) is 2.51. The largest absolute Gasteiger partial charge is 0.342 e. The summed E-state index contributed by atoms with van der Waals surface area (Å²) in [5.41, 5.74) is 0. The first kappa shape index (κ1) is 14.0. The molecule has 0 aromatic heterocycles. The highest BCUT2D eigenvalue weighted by Gasteiger charge is 2.15. The van der Waals surface area contributed by atoms with Gasteiger partial charge in [-0.1, -0.05) is 22.4 Å². The second-order valence-corrected chi connectivity index (χ2v) is 5.24. The van der Waals surface area contributed by atoms with E-state index >= 15 is 0 Å². The van der Waals surface area contributed by atoms with Crippen LogP contribution in [0.25, 0.3) is 0 Å². The lowest BCUT2D eigenvalue weighted by Gasteiger charge is -2.20. The maximum Gasteiger partial charge on any atom is 0.219 e. The van der Waals surface area contributed by atoms with Gasteiger partial charge in [-0.2, -0.15) is 0 Å². The first-order chi connectivity index (χ1) is 7.74. The van der Waals surface area contributed by atoms with E-state index < -0.39 is 0 Å². The Balaban J connectivity index is 2.17. The normalized spacial score (nSPS) is 18.5. The molecule has 1 aliphatic heterocycles. The van der Waals surface area contributed by atoms with Crippen LogP contribution in [0.1, 0.15) is 32.6 Å². The summed E-state index contributed by atoms with van der Waals surface area (Å²) in [7, 11) is 0. The number of halogens is 1. The number of rotatable bonds is 5. The topological polar surface area (TPSA) is 23.6 Å². The Bertz CT molecular complexity index is 211. The van der Waals surface area contributed by atoms with Gasteiger partial charge in [0.15, 0.2) is 0 Å². The summed E-state index contributed by atoms with van der Waals surface area (Å²) in [5.74, 6) is 0.223. The highest BCUT2D eigenvalue weighted by molar-refractivity contribution is 9.09. The quantitative estimate of drug-likeness (QED) is 0.572. The Morgan fingerprint density at radius 3 is 2.62 bits per heavy atom. The fraction of sp³-hybridized carbons (Fsp3) is 0.917. The summed E-state index contributed by atoms with van der Waals surface area (Å²) >= 11 is 3.45. The smallest absolute Gasteiger partial charge is 0.219 e. The third-order valence-electron chi connectivity index (χ3n) is 3.14. The average molecular weight is 291 g/mol. The van der Waals surface area contributed by atoms with Crippen LogP contribution in [0.5, 0.6) is 0 Å². The van der Waals surface area contributed by atoms with Crippen LogP contribution in [-0.4, -0.2) is 53.8 Å². The van der Waals surface area contributed by atoms with Crippen LogP contribution in [0.2, 0.25) is 0 Å². The lowest BCUT2D eigenvalue weighted by Crippen LogP contribution is -2.33. The maximum atomic E-state index is 11.3. The number of hydrogen-bond donors (Lipinski definition) is 0. The standard InChI is InChI=1S/C12H23BrN2O/c1-12(16)15-9-5-8-14(10-11-15)7-4-2-3-6-13/h2-11H2,1H3. The molecule has 0 saturated carbocycles. The predicted molar refractivity (Wildman–Crippen MR) is 71.0 cm³/mol. The lowest BCUT2D eigenvalue weighted by molar-refractivity contribution is -0.128. The molecule has 0 radical (unpaired) electrons. The highest BCUT2D eigenvalue weighted by Crippen LogP contribution is 2.06. The number of carbonyl (C=O) groups excluding carboxylic acids is 1. The average Bonchev–Trinajstić information content (AvgIpc) is 2.50. The van der Waals surface area contributed by atoms with Gasteiger partial charge in [-0.05, 0) is 32.4 Å². The second-order valence-electron chi connectivity index (χ2n) is 4.45. The Kier molecular flexibility index (Phi) is 7.05. The Morgan fingerprint density at radius 1 is 1.12 bits per heavy atom. The minimum absolute atomic E-state index is 0.223. The molecule has 1 fully saturated rings.